The third-order valence-electron chi connectivity index (χ3n) is 4.09. The standard InChI is InChI=1S/C18H25NO2/c1-19(17-10-2-3-11-18(17)21)14-16-9-6-8-15(13-16)7-4-5-12-20/h6,8-9,13,17-18,20-21H,2-3,5,10-12,14H2,1H3. The zero-order valence-electron chi connectivity index (χ0n) is 12.8. The largest absolute Gasteiger partial charge is 0.395 e. The molecule has 0 bridgehead atoms. The second kappa shape index (κ2) is 8.19. The Morgan fingerprint density at radius 3 is 2.86 bits per heavy atom. The van der Waals surface area contributed by atoms with Crippen molar-refractivity contribution in [2.75, 3.05) is 13.7 Å². The third kappa shape index (κ3) is 4.86. The lowest BCUT2D eigenvalue weighted by atomic mass is 9.91. The molecule has 3 heteroatoms. The van der Waals surface area contributed by atoms with Gasteiger partial charge >= 0.3 is 0 Å². The van der Waals surface area contributed by atoms with Crippen LogP contribution < -0.4 is 0 Å². The Morgan fingerprint density at radius 1 is 1.29 bits per heavy atom. The highest BCUT2D eigenvalue weighted by Crippen LogP contribution is 2.23. The van der Waals surface area contributed by atoms with E-state index in [4.69, 9.17) is 5.11 Å². The Balaban J connectivity index is 1.99. The summed E-state index contributed by atoms with van der Waals surface area (Å²) in [7, 11) is 2.09. The van der Waals surface area contributed by atoms with Crippen LogP contribution in [-0.2, 0) is 6.54 Å². The average Bonchev–Trinajstić information content (AvgIpc) is 2.48. The summed E-state index contributed by atoms with van der Waals surface area (Å²) in [5, 5.41) is 18.9. The number of benzene rings is 1. The van der Waals surface area contributed by atoms with Crippen molar-refractivity contribution in [3.05, 3.63) is 35.4 Å². The van der Waals surface area contributed by atoms with E-state index in [0.29, 0.717) is 6.42 Å². The second-order valence-electron chi connectivity index (χ2n) is 5.81. The molecular formula is C18H25NO2. The Morgan fingerprint density at radius 2 is 2.10 bits per heavy atom. The van der Waals surface area contributed by atoms with E-state index in [1.807, 2.05) is 12.1 Å². The average molecular weight is 287 g/mol. The van der Waals surface area contributed by atoms with E-state index < -0.39 is 0 Å². The molecule has 114 valence electrons. The lowest BCUT2D eigenvalue weighted by molar-refractivity contribution is 0.0288. The molecule has 2 N–H and O–H groups in total. The molecule has 0 spiro atoms. The molecular weight excluding hydrogens is 262 g/mol. The first-order valence-electron chi connectivity index (χ1n) is 7.77. The second-order valence-corrected chi connectivity index (χ2v) is 5.81. The van der Waals surface area contributed by atoms with Crippen molar-refractivity contribution in [1.82, 2.24) is 4.90 Å². The van der Waals surface area contributed by atoms with Crippen LogP contribution in [0, 0.1) is 11.8 Å². The minimum Gasteiger partial charge on any atom is -0.395 e. The molecule has 0 saturated heterocycles. The van der Waals surface area contributed by atoms with Gasteiger partial charge in [-0.25, -0.2) is 0 Å². The zero-order valence-corrected chi connectivity index (χ0v) is 12.8. The molecule has 2 atom stereocenters. The summed E-state index contributed by atoms with van der Waals surface area (Å²) < 4.78 is 0. The predicted molar refractivity (Wildman–Crippen MR) is 84.8 cm³/mol. The van der Waals surface area contributed by atoms with Crippen LogP contribution in [0.1, 0.15) is 43.2 Å². The Labute approximate surface area is 127 Å². The van der Waals surface area contributed by atoms with Gasteiger partial charge in [-0.1, -0.05) is 36.8 Å². The number of hydrogen-bond donors (Lipinski definition) is 2. The third-order valence-corrected chi connectivity index (χ3v) is 4.09. The van der Waals surface area contributed by atoms with Crippen molar-refractivity contribution < 1.29 is 10.2 Å². The fraction of sp³-hybridized carbons (Fsp3) is 0.556. The molecule has 21 heavy (non-hydrogen) atoms. The molecule has 1 aliphatic rings. The molecule has 1 aromatic rings. The molecule has 0 radical (unpaired) electrons. The van der Waals surface area contributed by atoms with Gasteiger partial charge in [-0.2, -0.15) is 0 Å². The maximum Gasteiger partial charge on any atom is 0.0695 e. The molecule has 3 nitrogen and oxygen atoms in total. The summed E-state index contributed by atoms with van der Waals surface area (Å²) in [6, 6.07) is 8.47. The first kappa shape index (κ1) is 16.0. The van der Waals surface area contributed by atoms with Crippen LogP contribution in [0.25, 0.3) is 0 Å². The Hall–Kier alpha value is -1.34. The zero-order chi connectivity index (χ0) is 15.1. The van der Waals surface area contributed by atoms with Crippen molar-refractivity contribution in [1.29, 1.82) is 0 Å². The molecule has 1 saturated carbocycles. The van der Waals surface area contributed by atoms with Crippen LogP contribution in [0.2, 0.25) is 0 Å². The van der Waals surface area contributed by atoms with Gasteiger partial charge in [0.15, 0.2) is 0 Å². The molecule has 1 fully saturated rings. The smallest absolute Gasteiger partial charge is 0.0695 e. The summed E-state index contributed by atoms with van der Waals surface area (Å²) in [6.45, 7) is 0.937. The highest BCUT2D eigenvalue weighted by molar-refractivity contribution is 5.37. The maximum absolute atomic E-state index is 10.1. The quantitative estimate of drug-likeness (QED) is 0.834. The van der Waals surface area contributed by atoms with Crippen LogP contribution in [-0.4, -0.2) is 40.9 Å². The molecule has 0 heterocycles. The van der Waals surface area contributed by atoms with Crippen molar-refractivity contribution in [2.45, 2.75) is 50.8 Å². The van der Waals surface area contributed by atoms with E-state index in [0.717, 1.165) is 31.4 Å². The van der Waals surface area contributed by atoms with Gasteiger partial charge in [0.1, 0.15) is 0 Å². The number of rotatable bonds is 4. The van der Waals surface area contributed by atoms with Gasteiger partial charge in [0.25, 0.3) is 0 Å². The summed E-state index contributed by atoms with van der Waals surface area (Å²) in [5.41, 5.74) is 2.20. The van der Waals surface area contributed by atoms with E-state index >= 15 is 0 Å². The van der Waals surface area contributed by atoms with E-state index in [1.54, 1.807) is 0 Å². The van der Waals surface area contributed by atoms with Gasteiger partial charge in [0.2, 0.25) is 0 Å². The van der Waals surface area contributed by atoms with E-state index in [2.05, 4.69) is 35.9 Å². The summed E-state index contributed by atoms with van der Waals surface area (Å²) in [4.78, 5) is 2.25. The van der Waals surface area contributed by atoms with Crippen molar-refractivity contribution in [3.8, 4) is 11.8 Å². The van der Waals surface area contributed by atoms with E-state index in [-0.39, 0.29) is 18.8 Å². The first-order chi connectivity index (χ1) is 10.2. The number of hydrogen-bond acceptors (Lipinski definition) is 3. The van der Waals surface area contributed by atoms with Crippen molar-refractivity contribution in [3.63, 3.8) is 0 Å². The molecule has 2 rings (SSSR count). The van der Waals surface area contributed by atoms with Gasteiger partial charge in [0, 0.05) is 24.6 Å². The van der Waals surface area contributed by atoms with Crippen LogP contribution in [0.3, 0.4) is 0 Å². The lowest BCUT2D eigenvalue weighted by Crippen LogP contribution is -2.42. The van der Waals surface area contributed by atoms with E-state index in [9.17, 15) is 5.11 Å². The highest BCUT2D eigenvalue weighted by atomic mass is 16.3. The van der Waals surface area contributed by atoms with Crippen LogP contribution in [0.5, 0.6) is 0 Å². The van der Waals surface area contributed by atoms with Crippen LogP contribution in [0.15, 0.2) is 24.3 Å². The minimum absolute atomic E-state index is 0.106. The van der Waals surface area contributed by atoms with Crippen LogP contribution in [0.4, 0.5) is 0 Å². The molecule has 2 unspecified atom stereocenters. The summed E-state index contributed by atoms with van der Waals surface area (Å²) in [6.07, 6.45) is 4.66. The number of nitrogens with zero attached hydrogens (tertiary/aromatic N) is 1. The normalized spacial score (nSPS) is 21.9. The topological polar surface area (TPSA) is 43.7 Å². The van der Waals surface area contributed by atoms with Crippen molar-refractivity contribution in [2.24, 2.45) is 0 Å². The van der Waals surface area contributed by atoms with Gasteiger partial charge in [-0.05, 0) is 37.6 Å². The Kier molecular flexibility index (Phi) is 6.25. The lowest BCUT2D eigenvalue weighted by Gasteiger charge is -2.35. The monoisotopic (exact) mass is 287 g/mol. The van der Waals surface area contributed by atoms with Gasteiger partial charge in [0.05, 0.1) is 12.7 Å². The highest BCUT2D eigenvalue weighted by Gasteiger charge is 2.26. The molecule has 0 aliphatic heterocycles. The van der Waals surface area contributed by atoms with Gasteiger partial charge in [-0.3, -0.25) is 4.90 Å². The number of likely N-dealkylation sites (N-methyl/N-ethyl adjacent to an activating group) is 1. The maximum atomic E-state index is 10.1. The number of aliphatic hydroxyl groups is 2. The van der Waals surface area contributed by atoms with E-state index in [1.165, 1.54) is 12.0 Å². The fourth-order valence-corrected chi connectivity index (χ4v) is 2.98. The Bertz CT molecular complexity index is 503. The fourth-order valence-electron chi connectivity index (χ4n) is 2.98. The molecule has 0 amide bonds. The predicted octanol–water partition coefficient (Wildman–Crippen LogP) is 2.16. The number of aliphatic hydroxyl groups excluding tert-OH is 2. The first-order valence-corrected chi connectivity index (χ1v) is 7.77. The minimum atomic E-state index is -0.198. The van der Waals surface area contributed by atoms with Gasteiger partial charge in [-0.15, -0.1) is 0 Å². The van der Waals surface area contributed by atoms with Gasteiger partial charge < -0.3 is 10.2 Å². The molecule has 1 aromatic carbocycles. The molecule has 0 aromatic heterocycles. The van der Waals surface area contributed by atoms with Crippen LogP contribution >= 0.6 is 0 Å². The summed E-state index contributed by atoms with van der Waals surface area (Å²) >= 11 is 0. The van der Waals surface area contributed by atoms with Crippen molar-refractivity contribution >= 4 is 0 Å². The summed E-state index contributed by atoms with van der Waals surface area (Å²) in [5.74, 6) is 6.02. The SMILES string of the molecule is CN(Cc1cccc(C#CCCO)c1)C1CCCCC1O. The molecule has 1 aliphatic carbocycles.